The third-order valence-corrected chi connectivity index (χ3v) is 23.2. The maximum absolute atomic E-state index is 13.0. The molecule has 16 aromatic rings. The van der Waals surface area contributed by atoms with Gasteiger partial charge in [0.05, 0.1) is 43.2 Å². The molecule has 22 rings (SSSR count). The highest BCUT2D eigenvalue weighted by molar-refractivity contribution is 7.13. The molecule has 0 bridgehead atoms. The number of benzene rings is 10. The lowest BCUT2D eigenvalue weighted by atomic mass is 9.87. The molecule has 3 fully saturated rings. The molecule has 564 valence electrons. The molecule has 9 heterocycles. The Kier molecular flexibility index (Phi) is 20.6. The maximum atomic E-state index is 13.0. The minimum atomic E-state index is -0.0323. The van der Waals surface area contributed by atoms with Crippen molar-refractivity contribution >= 4 is 112 Å². The van der Waals surface area contributed by atoms with Crippen LogP contribution in [0.3, 0.4) is 0 Å². The van der Waals surface area contributed by atoms with Crippen molar-refractivity contribution in [1.29, 1.82) is 0 Å². The Labute approximate surface area is 669 Å². The van der Waals surface area contributed by atoms with Crippen molar-refractivity contribution in [2.75, 3.05) is 57.7 Å². The number of halogens is 2. The van der Waals surface area contributed by atoms with Gasteiger partial charge in [0.25, 0.3) is 5.91 Å². The van der Waals surface area contributed by atoms with E-state index < -0.39 is 0 Å². The summed E-state index contributed by atoms with van der Waals surface area (Å²) in [6.45, 7) is 8.19. The van der Waals surface area contributed by atoms with Gasteiger partial charge in [-0.3, -0.25) is 44.5 Å². The number of likely N-dealkylation sites (tertiary alicyclic amines) is 3. The van der Waals surface area contributed by atoms with E-state index in [-0.39, 0.29) is 23.3 Å². The number of piperidine rings is 2. The van der Waals surface area contributed by atoms with Crippen LogP contribution in [-0.2, 0) is 0 Å². The molecule has 1 amide bonds. The van der Waals surface area contributed by atoms with Gasteiger partial charge in [-0.2, -0.15) is 24.8 Å². The number of anilines is 2. The fourth-order valence-corrected chi connectivity index (χ4v) is 17.3. The summed E-state index contributed by atoms with van der Waals surface area (Å²) in [5, 5.41) is 37.3. The van der Waals surface area contributed by atoms with Crippen molar-refractivity contribution in [3.63, 3.8) is 0 Å². The van der Waals surface area contributed by atoms with Crippen LogP contribution in [0.5, 0.6) is 5.75 Å². The molecule has 6 aliphatic rings. The highest BCUT2D eigenvalue weighted by atomic mass is 35.5. The van der Waals surface area contributed by atoms with E-state index in [0.29, 0.717) is 39.8 Å². The van der Waals surface area contributed by atoms with Crippen LogP contribution in [0.15, 0.2) is 231 Å². The summed E-state index contributed by atoms with van der Waals surface area (Å²) >= 11 is 13.6. The Morgan fingerprint density at radius 2 is 1.11 bits per heavy atom. The number of fused-ring (bicyclic) bond motifs is 7. The number of carbonyl (C=O) groups is 4. The summed E-state index contributed by atoms with van der Waals surface area (Å²) < 4.78 is 11.6. The number of hydrogen-bond donors (Lipinski definition) is 5. The van der Waals surface area contributed by atoms with E-state index in [2.05, 4.69) is 93.4 Å². The summed E-state index contributed by atoms with van der Waals surface area (Å²) in [5.41, 5.74) is 18.6. The van der Waals surface area contributed by atoms with E-state index >= 15 is 0 Å². The van der Waals surface area contributed by atoms with E-state index in [4.69, 9.17) is 27.9 Å². The molecule has 5 N–H and O–H groups in total. The highest BCUT2D eigenvalue weighted by Crippen LogP contribution is 2.43. The van der Waals surface area contributed by atoms with Crippen molar-refractivity contribution in [3.8, 4) is 73.4 Å². The molecule has 3 aliphatic carbocycles. The molecule has 10 aromatic carbocycles. The molecule has 24 heteroatoms. The lowest BCUT2D eigenvalue weighted by Crippen LogP contribution is -2.45. The van der Waals surface area contributed by atoms with Crippen molar-refractivity contribution in [2.24, 2.45) is 0 Å². The van der Waals surface area contributed by atoms with Crippen molar-refractivity contribution < 1.29 is 23.9 Å². The first kappa shape index (κ1) is 72.8. The fraction of sp³-hybridized carbons (Fsp3) is 0.178. The smallest absolute Gasteiger partial charge is 0.253 e. The zero-order valence-electron chi connectivity index (χ0n) is 61.7. The van der Waals surface area contributed by atoms with E-state index in [0.717, 1.165) is 182 Å². The van der Waals surface area contributed by atoms with E-state index in [9.17, 15) is 19.2 Å². The van der Waals surface area contributed by atoms with Crippen LogP contribution in [0.1, 0.15) is 103 Å². The fourth-order valence-electron chi connectivity index (χ4n) is 16.1. The van der Waals surface area contributed by atoms with Crippen LogP contribution in [0.25, 0.3) is 110 Å². The van der Waals surface area contributed by atoms with Crippen molar-refractivity contribution in [3.05, 3.63) is 280 Å². The minimum absolute atomic E-state index is 0.0323. The number of ether oxygens (including phenoxy) is 1. The number of aromatic nitrogens is 12. The monoisotopic (exact) mass is 1560 g/mol. The first-order valence-electron chi connectivity index (χ1n) is 38.2. The summed E-state index contributed by atoms with van der Waals surface area (Å²) in [5.74, 6) is 2.40. The number of aromatic amines is 4. The Morgan fingerprint density at radius 3 is 1.82 bits per heavy atom. The zero-order valence-corrected chi connectivity index (χ0v) is 64.1. The molecule has 0 spiro atoms. The summed E-state index contributed by atoms with van der Waals surface area (Å²) in [4.78, 5) is 70.4. The third-order valence-electron chi connectivity index (χ3n) is 21.8. The van der Waals surface area contributed by atoms with Crippen LogP contribution in [0.2, 0.25) is 10.0 Å². The normalized spacial score (nSPS) is 14.7. The Morgan fingerprint density at radius 1 is 0.509 bits per heavy atom. The second-order valence-electron chi connectivity index (χ2n) is 28.7. The molecule has 0 atom stereocenters. The molecule has 6 aromatic heterocycles. The van der Waals surface area contributed by atoms with E-state index in [1.807, 2.05) is 199 Å². The molecular formula is C90H74Cl2N16O5S. The van der Waals surface area contributed by atoms with Gasteiger partial charge in [0.2, 0.25) is 5.95 Å². The molecule has 0 saturated carbocycles. The van der Waals surface area contributed by atoms with E-state index in [1.54, 1.807) is 12.3 Å². The number of ketones is 3. The van der Waals surface area contributed by atoms with Gasteiger partial charge in [-0.15, -0.1) is 0 Å². The SMILES string of the molecule is O=C(c1ccc(Nc2nccc(-c3ccc(Cl)cc3)n2)cc1)N1CCC(N2CCCC2)CC1.O=C1c2ccccc2-c2n[nH]c3ccc(Cl)c1c23.O=C1c2ccccc2-c2n[nH]c3cccc1c23.O=C1c2ccccc2-c2nsc3cccc1c23.c1cc(OCCN2CCCCC2)cc(-c2n[nH]c3ccc(-c4ncn[nH]4)cc23)c1. The maximum Gasteiger partial charge on any atom is 0.253 e. The molecule has 0 unspecified atom stereocenters. The van der Waals surface area contributed by atoms with Crippen LogP contribution in [-0.4, -0.2) is 157 Å². The largest absolute Gasteiger partial charge is 0.492 e. The van der Waals surface area contributed by atoms with Gasteiger partial charge < -0.3 is 19.9 Å². The van der Waals surface area contributed by atoms with Gasteiger partial charge in [0.1, 0.15) is 35.8 Å². The molecular weight excluding hydrogens is 1490 g/mol. The van der Waals surface area contributed by atoms with Crippen molar-refractivity contribution in [2.45, 2.75) is 51.0 Å². The summed E-state index contributed by atoms with van der Waals surface area (Å²) in [6.07, 6.45) is 12.0. The topological polar surface area (TPSA) is 266 Å². The first-order valence-corrected chi connectivity index (χ1v) is 39.8. The standard InChI is InChI=1S/C26H28ClN5O.C22H24N6O.C14H7ClN2O.C14H8N2O.C14H7NOS/c27-21-7-3-19(4-8-21)24-11-14-28-26(30-24)29-22-9-5-20(6-10-22)25(33)32-17-12-23(13-18-32)31-15-1-2-16-31;1-2-9-28(10-3-1)11-12-29-18-6-4-5-16(13-18)21-19-14-17(22-23-15-24-27-22)7-8-20(19)25-26-21;15-9-5-6-10-12-11(9)14(18)8-4-2-1-3-7(8)13(12)17-16-10;17-14-9-5-2-1-4-8(9)13-12-10(14)6-3-7-11(12)15-16-13;16-14-9-5-2-1-4-8(9)13-12-10(14)6-3-7-11(12)17-15-13/h3-11,14,23H,1-2,12-13,15-18H2,(H,28,29,30);4-8,13-15H,1-3,9-12H2,(H,25,26)(H,23,24,27);1-6H,(H,16,17);1-7H,(H,15,16);1-7H. The van der Waals surface area contributed by atoms with Gasteiger partial charge in [0.15, 0.2) is 23.2 Å². The van der Waals surface area contributed by atoms with Gasteiger partial charge in [-0.05, 0) is 173 Å². The lowest BCUT2D eigenvalue weighted by molar-refractivity contribution is 0.0644. The number of H-pyrrole nitrogens is 4. The summed E-state index contributed by atoms with van der Waals surface area (Å²) in [6, 6.07) is 69.7. The Balaban J connectivity index is 0.000000102. The van der Waals surface area contributed by atoms with Crippen molar-refractivity contribution in [1.82, 2.24) is 74.8 Å². The Hall–Kier alpha value is -12.7. The predicted molar refractivity (Wildman–Crippen MR) is 448 cm³/mol. The molecule has 0 radical (unpaired) electrons. The number of carbonyl (C=O) groups excluding carboxylic acids is 4. The molecule has 21 nitrogen and oxygen atoms in total. The lowest BCUT2D eigenvalue weighted by Gasteiger charge is -2.36. The van der Waals surface area contributed by atoms with Gasteiger partial charge in [0, 0.05) is 131 Å². The second-order valence-corrected chi connectivity index (χ2v) is 30.4. The first-order chi connectivity index (χ1) is 56.0. The average molecular weight is 1560 g/mol. The molecule has 3 saturated heterocycles. The number of amides is 1. The number of hydrogen-bond acceptors (Lipinski definition) is 17. The summed E-state index contributed by atoms with van der Waals surface area (Å²) in [7, 11) is 0. The van der Waals surface area contributed by atoms with Crippen LogP contribution in [0.4, 0.5) is 11.6 Å². The number of nitrogens with zero attached hydrogens (tertiary/aromatic N) is 11. The van der Waals surface area contributed by atoms with E-state index in [1.165, 1.54) is 76.1 Å². The second kappa shape index (κ2) is 32.2. The third kappa shape index (κ3) is 14.6. The van der Waals surface area contributed by atoms with Gasteiger partial charge >= 0.3 is 0 Å². The molecule has 114 heavy (non-hydrogen) atoms. The average Bonchev–Trinajstić information content (AvgIpc) is 1.51. The Bertz CT molecular complexity index is 6160. The zero-order chi connectivity index (χ0) is 77.2. The van der Waals surface area contributed by atoms with Gasteiger partial charge in [-0.1, -0.05) is 151 Å². The highest BCUT2D eigenvalue weighted by Gasteiger charge is 2.33. The number of rotatable bonds is 11. The van der Waals surface area contributed by atoms with Crippen LogP contribution < -0.4 is 10.1 Å². The number of nitrogens with one attached hydrogen (secondary N) is 5. The van der Waals surface area contributed by atoms with Crippen LogP contribution >= 0.6 is 34.7 Å². The van der Waals surface area contributed by atoms with Crippen LogP contribution in [0, 0.1) is 0 Å². The molecule has 3 aliphatic heterocycles. The minimum Gasteiger partial charge on any atom is -0.492 e. The van der Waals surface area contributed by atoms with Gasteiger partial charge in [-0.25, -0.2) is 15.0 Å². The predicted octanol–water partition coefficient (Wildman–Crippen LogP) is 18.8. The quantitative estimate of drug-likeness (QED) is 0.0806.